The largest absolute Gasteiger partial charge is 0.444 e. The van der Waals surface area contributed by atoms with Crippen molar-refractivity contribution < 1.29 is 14.3 Å². The molecule has 2 N–H and O–H groups in total. The van der Waals surface area contributed by atoms with E-state index in [1.54, 1.807) is 45.7 Å². The van der Waals surface area contributed by atoms with Crippen LogP contribution < -0.4 is 5.32 Å². The molecule has 122 valence electrons. The van der Waals surface area contributed by atoms with Crippen LogP contribution in [-0.2, 0) is 22.5 Å². The zero-order chi connectivity index (χ0) is 16.5. The highest BCUT2D eigenvalue weighted by Gasteiger charge is 2.36. The van der Waals surface area contributed by atoms with E-state index in [4.69, 9.17) is 4.74 Å². The number of hydrogen-bond donors (Lipinski definition) is 2. The van der Waals surface area contributed by atoms with Gasteiger partial charge in [0.15, 0.2) is 0 Å². The molecule has 1 aliphatic rings. The molecule has 0 saturated heterocycles. The fraction of sp³-hybridized carbons (Fsp3) is 0.667. The third kappa shape index (κ3) is 3.78. The van der Waals surface area contributed by atoms with E-state index in [1.807, 2.05) is 0 Å². The van der Waals surface area contributed by atoms with Gasteiger partial charge >= 0.3 is 6.09 Å². The van der Waals surface area contributed by atoms with Crippen molar-refractivity contribution in [2.24, 2.45) is 0 Å². The van der Waals surface area contributed by atoms with E-state index in [0.717, 1.165) is 17.7 Å². The summed E-state index contributed by atoms with van der Waals surface area (Å²) in [6.07, 6.45) is 1.89. The summed E-state index contributed by atoms with van der Waals surface area (Å²) >= 11 is 0. The quantitative estimate of drug-likeness (QED) is 0.868. The van der Waals surface area contributed by atoms with Crippen LogP contribution in [0.2, 0.25) is 0 Å². The molecular formula is C15H24N4O3. The lowest BCUT2D eigenvalue weighted by atomic mass is 10.0. The Kier molecular flexibility index (Phi) is 4.17. The summed E-state index contributed by atoms with van der Waals surface area (Å²) < 4.78 is 5.22. The lowest BCUT2D eigenvalue weighted by Crippen LogP contribution is -2.57. The van der Waals surface area contributed by atoms with E-state index in [1.165, 1.54) is 0 Å². The molecule has 2 amide bonds. The number of rotatable bonds is 2. The van der Waals surface area contributed by atoms with Gasteiger partial charge in [0.1, 0.15) is 11.1 Å². The Morgan fingerprint density at radius 3 is 2.64 bits per heavy atom. The molecule has 0 bridgehead atoms. The number of aromatic nitrogens is 2. The van der Waals surface area contributed by atoms with Crippen LogP contribution in [0.3, 0.4) is 0 Å². The van der Waals surface area contributed by atoms with Crippen molar-refractivity contribution in [3.63, 3.8) is 0 Å². The summed E-state index contributed by atoms with van der Waals surface area (Å²) in [7, 11) is 0. The lowest BCUT2D eigenvalue weighted by Gasteiger charge is -2.34. The molecule has 0 aromatic carbocycles. The molecule has 0 spiro atoms. The average molecular weight is 308 g/mol. The molecule has 0 aliphatic carbocycles. The lowest BCUT2D eigenvalue weighted by molar-refractivity contribution is -0.138. The summed E-state index contributed by atoms with van der Waals surface area (Å²) in [6, 6.07) is 0. The maximum Gasteiger partial charge on any atom is 0.408 e. The first-order valence-electron chi connectivity index (χ1n) is 7.40. The van der Waals surface area contributed by atoms with Crippen LogP contribution in [0.5, 0.6) is 0 Å². The first-order chi connectivity index (χ1) is 10.1. The highest BCUT2D eigenvalue weighted by molar-refractivity contribution is 5.89. The summed E-state index contributed by atoms with van der Waals surface area (Å²) in [6.45, 7) is 9.83. The highest BCUT2D eigenvalue weighted by Crippen LogP contribution is 2.20. The molecule has 0 radical (unpaired) electrons. The molecule has 22 heavy (non-hydrogen) atoms. The number of ether oxygens (including phenoxy) is 1. The first kappa shape index (κ1) is 16.3. The monoisotopic (exact) mass is 308 g/mol. The molecule has 2 rings (SSSR count). The van der Waals surface area contributed by atoms with Crippen molar-refractivity contribution >= 4 is 12.0 Å². The Hall–Kier alpha value is -2.05. The Labute approximate surface area is 130 Å². The Morgan fingerprint density at radius 2 is 2.00 bits per heavy atom. The fourth-order valence-electron chi connectivity index (χ4n) is 2.40. The Morgan fingerprint density at radius 1 is 1.32 bits per heavy atom. The van der Waals surface area contributed by atoms with Gasteiger partial charge in [0.05, 0.1) is 6.20 Å². The van der Waals surface area contributed by atoms with Crippen LogP contribution in [0, 0.1) is 0 Å². The first-order valence-corrected chi connectivity index (χ1v) is 7.40. The van der Waals surface area contributed by atoms with Crippen molar-refractivity contribution in [2.45, 2.75) is 58.7 Å². The van der Waals surface area contributed by atoms with E-state index >= 15 is 0 Å². The minimum Gasteiger partial charge on any atom is -0.444 e. The normalized spacial score (nSPS) is 15.2. The van der Waals surface area contributed by atoms with Gasteiger partial charge in [-0.15, -0.1) is 0 Å². The van der Waals surface area contributed by atoms with E-state index in [9.17, 15) is 9.59 Å². The number of nitrogens with zero attached hydrogens (tertiary/aromatic N) is 2. The third-order valence-electron chi connectivity index (χ3n) is 3.44. The van der Waals surface area contributed by atoms with Crippen molar-refractivity contribution in [3.05, 3.63) is 17.5 Å². The summed E-state index contributed by atoms with van der Waals surface area (Å²) in [5.41, 5.74) is 0.471. The van der Waals surface area contributed by atoms with E-state index in [-0.39, 0.29) is 5.91 Å². The maximum atomic E-state index is 12.7. The SMILES string of the molecule is CC(C)(C)OC(=O)NC(C)(C)C(=O)N1CCc2[nH]ncc2C1. The molecule has 1 aromatic rings. The summed E-state index contributed by atoms with van der Waals surface area (Å²) in [5.74, 6) is -0.134. The number of amides is 2. The van der Waals surface area contributed by atoms with Gasteiger partial charge in [0.2, 0.25) is 5.91 Å². The smallest absolute Gasteiger partial charge is 0.408 e. The molecule has 1 aromatic heterocycles. The number of hydrogen-bond acceptors (Lipinski definition) is 4. The highest BCUT2D eigenvalue weighted by atomic mass is 16.6. The van der Waals surface area contributed by atoms with Crippen LogP contribution >= 0.6 is 0 Å². The van der Waals surface area contributed by atoms with Gasteiger partial charge in [-0.2, -0.15) is 5.10 Å². The zero-order valence-electron chi connectivity index (χ0n) is 13.8. The van der Waals surface area contributed by atoms with Crippen molar-refractivity contribution in [2.75, 3.05) is 6.54 Å². The Bertz CT molecular complexity index is 572. The molecule has 0 unspecified atom stereocenters. The average Bonchev–Trinajstić information content (AvgIpc) is 2.81. The molecule has 7 nitrogen and oxygen atoms in total. The summed E-state index contributed by atoms with van der Waals surface area (Å²) in [5, 5.41) is 9.58. The van der Waals surface area contributed by atoms with Gasteiger partial charge in [-0.1, -0.05) is 0 Å². The van der Waals surface area contributed by atoms with Crippen LogP contribution in [0.4, 0.5) is 4.79 Å². The predicted molar refractivity (Wildman–Crippen MR) is 81.2 cm³/mol. The minimum atomic E-state index is -1.02. The number of H-pyrrole nitrogens is 1. The number of carbonyl (C=O) groups excluding carboxylic acids is 2. The zero-order valence-corrected chi connectivity index (χ0v) is 13.8. The topological polar surface area (TPSA) is 87.3 Å². The van der Waals surface area contributed by atoms with E-state index < -0.39 is 17.2 Å². The van der Waals surface area contributed by atoms with Crippen LogP contribution in [0.1, 0.15) is 45.9 Å². The predicted octanol–water partition coefficient (Wildman–Crippen LogP) is 1.60. The molecule has 2 heterocycles. The van der Waals surface area contributed by atoms with Crippen molar-refractivity contribution in [1.29, 1.82) is 0 Å². The molecule has 0 fully saturated rings. The minimum absolute atomic E-state index is 0.134. The van der Waals surface area contributed by atoms with Crippen molar-refractivity contribution in [1.82, 2.24) is 20.4 Å². The molecule has 7 heteroatoms. The van der Waals surface area contributed by atoms with Gasteiger partial charge in [-0.25, -0.2) is 4.79 Å². The number of aromatic amines is 1. The van der Waals surface area contributed by atoms with Crippen LogP contribution in [0.25, 0.3) is 0 Å². The summed E-state index contributed by atoms with van der Waals surface area (Å²) in [4.78, 5) is 26.3. The number of carbonyl (C=O) groups is 2. The third-order valence-corrected chi connectivity index (χ3v) is 3.44. The number of fused-ring (bicyclic) bond motifs is 1. The maximum absolute atomic E-state index is 12.7. The van der Waals surface area contributed by atoms with Crippen molar-refractivity contribution in [3.8, 4) is 0 Å². The second kappa shape index (κ2) is 5.62. The molecule has 0 atom stereocenters. The van der Waals surface area contributed by atoms with Crippen LogP contribution in [-0.4, -0.2) is 44.8 Å². The Balaban J connectivity index is 2.00. The van der Waals surface area contributed by atoms with Gasteiger partial charge in [-0.05, 0) is 34.6 Å². The molecule has 0 saturated carbocycles. The van der Waals surface area contributed by atoms with Gasteiger partial charge in [0.25, 0.3) is 0 Å². The molecule has 1 aliphatic heterocycles. The van der Waals surface area contributed by atoms with Crippen LogP contribution in [0.15, 0.2) is 6.20 Å². The standard InChI is InChI=1S/C15H24N4O3/c1-14(2,3)22-13(21)17-15(4,5)12(20)19-7-6-11-10(9-19)8-16-18-11/h8H,6-7,9H2,1-5H3,(H,16,18)(H,17,21). The second-order valence-electron chi connectivity index (χ2n) is 7.10. The van der Waals surface area contributed by atoms with Gasteiger partial charge < -0.3 is 15.0 Å². The molecular weight excluding hydrogens is 284 g/mol. The second-order valence-corrected chi connectivity index (χ2v) is 7.10. The number of alkyl carbamates (subject to hydrolysis) is 1. The number of nitrogens with one attached hydrogen (secondary N) is 2. The van der Waals surface area contributed by atoms with E-state index in [0.29, 0.717) is 13.1 Å². The van der Waals surface area contributed by atoms with E-state index in [2.05, 4.69) is 15.5 Å². The fourth-order valence-corrected chi connectivity index (χ4v) is 2.40. The van der Waals surface area contributed by atoms with Gasteiger partial charge in [0, 0.05) is 30.8 Å². The van der Waals surface area contributed by atoms with Gasteiger partial charge in [-0.3, -0.25) is 9.89 Å².